The molecular formula is C14H27N3O. The third-order valence-electron chi connectivity index (χ3n) is 3.81. The van der Waals surface area contributed by atoms with Crippen molar-refractivity contribution in [2.75, 3.05) is 45.8 Å². The molecule has 4 nitrogen and oxygen atoms in total. The van der Waals surface area contributed by atoms with Gasteiger partial charge in [-0.3, -0.25) is 9.69 Å². The number of nitrogens with zero attached hydrogens (tertiary/aromatic N) is 2. The predicted octanol–water partition coefficient (Wildman–Crippen LogP) is 0.930. The van der Waals surface area contributed by atoms with Crippen molar-refractivity contribution < 1.29 is 4.79 Å². The van der Waals surface area contributed by atoms with Crippen LogP contribution in [0.4, 0.5) is 0 Å². The van der Waals surface area contributed by atoms with E-state index in [1.54, 1.807) is 0 Å². The van der Waals surface area contributed by atoms with Crippen molar-refractivity contribution in [3.63, 3.8) is 0 Å². The number of rotatable bonds is 6. The molecule has 1 saturated carbocycles. The number of carbonyl (C=O) groups excluding carboxylic acids is 1. The Bertz CT molecular complexity index is 258. The SMILES string of the molecule is CCCN(CC1CC1)C(=O)CN1CCCNCC1. The van der Waals surface area contributed by atoms with Crippen LogP contribution in [0.5, 0.6) is 0 Å². The number of hydrogen-bond donors (Lipinski definition) is 1. The highest BCUT2D eigenvalue weighted by Gasteiger charge is 2.27. The number of nitrogens with one attached hydrogen (secondary N) is 1. The van der Waals surface area contributed by atoms with Gasteiger partial charge in [0.1, 0.15) is 0 Å². The van der Waals surface area contributed by atoms with E-state index >= 15 is 0 Å². The van der Waals surface area contributed by atoms with Gasteiger partial charge in [0.2, 0.25) is 5.91 Å². The highest BCUT2D eigenvalue weighted by molar-refractivity contribution is 5.78. The molecule has 0 aromatic carbocycles. The molecule has 0 unspecified atom stereocenters. The minimum absolute atomic E-state index is 0.339. The first kappa shape index (κ1) is 13.8. The molecule has 2 rings (SSSR count). The molecule has 1 saturated heterocycles. The Kier molecular flexibility index (Phi) is 5.45. The molecule has 0 radical (unpaired) electrons. The zero-order chi connectivity index (χ0) is 12.8. The van der Waals surface area contributed by atoms with Gasteiger partial charge in [-0.15, -0.1) is 0 Å². The molecule has 18 heavy (non-hydrogen) atoms. The maximum Gasteiger partial charge on any atom is 0.236 e. The molecule has 0 bridgehead atoms. The minimum Gasteiger partial charge on any atom is -0.341 e. The van der Waals surface area contributed by atoms with Crippen molar-refractivity contribution in [2.24, 2.45) is 5.92 Å². The van der Waals surface area contributed by atoms with Crippen LogP contribution in [0, 0.1) is 5.92 Å². The number of carbonyl (C=O) groups is 1. The van der Waals surface area contributed by atoms with Crippen LogP contribution in [-0.2, 0) is 4.79 Å². The van der Waals surface area contributed by atoms with E-state index in [1.165, 1.54) is 12.8 Å². The van der Waals surface area contributed by atoms with Crippen molar-refractivity contribution in [3.05, 3.63) is 0 Å². The lowest BCUT2D eigenvalue weighted by Gasteiger charge is -2.26. The highest BCUT2D eigenvalue weighted by Crippen LogP contribution is 2.29. The average Bonchev–Trinajstić information content (AvgIpc) is 3.16. The first-order valence-electron chi connectivity index (χ1n) is 7.50. The fourth-order valence-corrected chi connectivity index (χ4v) is 2.55. The smallest absolute Gasteiger partial charge is 0.236 e. The van der Waals surface area contributed by atoms with Crippen molar-refractivity contribution >= 4 is 5.91 Å². The lowest BCUT2D eigenvalue weighted by atomic mass is 10.3. The molecule has 4 heteroatoms. The topological polar surface area (TPSA) is 35.6 Å². The molecule has 2 fully saturated rings. The Morgan fingerprint density at radius 2 is 2.17 bits per heavy atom. The molecule has 104 valence electrons. The average molecular weight is 253 g/mol. The molecule has 1 N–H and O–H groups in total. The summed E-state index contributed by atoms with van der Waals surface area (Å²) in [6.07, 6.45) is 4.87. The van der Waals surface area contributed by atoms with Crippen molar-refractivity contribution in [2.45, 2.75) is 32.6 Å². The van der Waals surface area contributed by atoms with Gasteiger partial charge in [0.05, 0.1) is 6.54 Å². The van der Waals surface area contributed by atoms with Gasteiger partial charge in [-0.2, -0.15) is 0 Å². The van der Waals surface area contributed by atoms with Gasteiger partial charge < -0.3 is 10.2 Å². The molecule has 1 aliphatic carbocycles. The van der Waals surface area contributed by atoms with Crippen LogP contribution in [0.1, 0.15) is 32.6 Å². The van der Waals surface area contributed by atoms with E-state index in [0.29, 0.717) is 12.5 Å². The summed E-state index contributed by atoms with van der Waals surface area (Å²) in [5.41, 5.74) is 0. The van der Waals surface area contributed by atoms with Crippen LogP contribution >= 0.6 is 0 Å². The molecule has 0 spiro atoms. The standard InChI is InChI=1S/C14H27N3O/c1-2-8-17(11-13-4-5-13)14(18)12-16-9-3-6-15-7-10-16/h13,15H,2-12H2,1H3. The largest absolute Gasteiger partial charge is 0.341 e. The second kappa shape index (κ2) is 7.10. The number of hydrogen-bond acceptors (Lipinski definition) is 3. The molecule has 2 aliphatic rings. The van der Waals surface area contributed by atoms with Crippen LogP contribution in [0.2, 0.25) is 0 Å². The number of amides is 1. The normalized spacial score (nSPS) is 21.6. The zero-order valence-corrected chi connectivity index (χ0v) is 11.7. The quantitative estimate of drug-likeness (QED) is 0.765. The maximum atomic E-state index is 12.3. The highest BCUT2D eigenvalue weighted by atomic mass is 16.2. The van der Waals surface area contributed by atoms with Crippen molar-refractivity contribution in [1.82, 2.24) is 15.1 Å². The Morgan fingerprint density at radius 1 is 1.33 bits per heavy atom. The van der Waals surface area contributed by atoms with E-state index in [9.17, 15) is 4.79 Å². The molecule has 1 amide bonds. The van der Waals surface area contributed by atoms with Gasteiger partial charge in [0.25, 0.3) is 0 Å². The fraction of sp³-hybridized carbons (Fsp3) is 0.929. The summed E-state index contributed by atoms with van der Waals surface area (Å²) in [6, 6.07) is 0. The summed E-state index contributed by atoms with van der Waals surface area (Å²) < 4.78 is 0. The summed E-state index contributed by atoms with van der Waals surface area (Å²) in [7, 11) is 0. The van der Waals surface area contributed by atoms with E-state index in [-0.39, 0.29) is 0 Å². The summed E-state index contributed by atoms with van der Waals surface area (Å²) in [4.78, 5) is 16.7. The van der Waals surface area contributed by atoms with Gasteiger partial charge in [-0.25, -0.2) is 0 Å². The molecule has 1 heterocycles. The van der Waals surface area contributed by atoms with E-state index in [1.807, 2.05) is 0 Å². The van der Waals surface area contributed by atoms with E-state index in [0.717, 1.165) is 58.0 Å². The fourth-order valence-electron chi connectivity index (χ4n) is 2.55. The van der Waals surface area contributed by atoms with Crippen molar-refractivity contribution in [1.29, 1.82) is 0 Å². The van der Waals surface area contributed by atoms with Crippen molar-refractivity contribution in [3.8, 4) is 0 Å². The minimum atomic E-state index is 0.339. The molecule has 0 aromatic heterocycles. The predicted molar refractivity (Wildman–Crippen MR) is 73.5 cm³/mol. The lowest BCUT2D eigenvalue weighted by Crippen LogP contribution is -2.42. The third-order valence-corrected chi connectivity index (χ3v) is 3.81. The monoisotopic (exact) mass is 253 g/mol. The van der Waals surface area contributed by atoms with Gasteiger partial charge in [-0.05, 0) is 44.7 Å². The first-order valence-corrected chi connectivity index (χ1v) is 7.50. The Hall–Kier alpha value is -0.610. The molecule has 0 aromatic rings. The maximum absolute atomic E-state index is 12.3. The van der Waals surface area contributed by atoms with Crippen LogP contribution in [0.15, 0.2) is 0 Å². The zero-order valence-electron chi connectivity index (χ0n) is 11.7. The molecule has 1 aliphatic heterocycles. The molecular weight excluding hydrogens is 226 g/mol. The van der Waals surface area contributed by atoms with Gasteiger partial charge in [0.15, 0.2) is 0 Å². The van der Waals surface area contributed by atoms with E-state index in [4.69, 9.17) is 0 Å². The second-order valence-corrected chi connectivity index (χ2v) is 5.66. The van der Waals surface area contributed by atoms with E-state index in [2.05, 4.69) is 22.0 Å². The van der Waals surface area contributed by atoms with Crippen LogP contribution in [0.3, 0.4) is 0 Å². The van der Waals surface area contributed by atoms with Gasteiger partial charge >= 0.3 is 0 Å². The Labute approximate surface area is 111 Å². The first-order chi connectivity index (χ1) is 8.79. The third kappa shape index (κ3) is 4.58. The Balaban J connectivity index is 1.78. The second-order valence-electron chi connectivity index (χ2n) is 5.66. The van der Waals surface area contributed by atoms with Gasteiger partial charge in [0, 0.05) is 26.2 Å². The summed E-state index contributed by atoms with van der Waals surface area (Å²) in [5.74, 6) is 1.14. The Morgan fingerprint density at radius 3 is 2.89 bits per heavy atom. The lowest BCUT2D eigenvalue weighted by molar-refractivity contribution is -0.132. The summed E-state index contributed by atoms with van der Waals surface area (Å²) >= 11 is 0. The summed E-state index contributed by atoms with van der Waals surface area (Å²) in [5, 5.41) is 3.38. The van der Waals surface area contributed by atoms with Crippen LogP contribution < -0.4 is 5.32 Å². The molecule has 0 atom stereocenters. The van der Waals surface area contributed by atoms with E-state index < -0.39 is 0 Å². The van der Waals surface area contributed by atoms with Crippen LogP contribution in [-0.4, -0.2) is 61.5 Å². The van der Waals surface area contributed by atoms with Gasteiger partial charge in [-0.1, -0.05) is 6.92 Å². The summed E-state index contributed by atoms with van der Waals surface area (Å²) in [6.45, 7) is 8.88. The van der Waals surface area contributed by atoms with Crippen LogP contribution in [0.25, 0.3) is 0 Å².